The number of hydrogen-bond donors (Lipinski definition) is 1. The number of nitrogens with zero attached hydrogens (tertiary/aromatic N) is 1. The van der Waals surface area contributed by atoms with Crippen LogP contribution in [0, 0.1) is 0 Å². The Morgan fingerprint density at radius 1 is 1.24 bits per heavy atom. The minimum Gasteiger partial charge on any atom is -0.494 e. The van der Waals surface area contributed by atoms with Gasteiger partial charge in [0.1, 0.15) is 5.75 Å². The highest BCUT2D eigenvalue weighted by Crippen LogP contribution is 2.12. The van der Waals surface area contributed by atoms with Gasteiger partial charge in [-0.2, -0.15) is 0 Å². The van der Waals surface area contributed by atoms with E-state index >= 15 is 0 Å². The van der Waals surface area contributed by atoms with E-state index in [1.807, 2.05) is 24.3 Å². The Morgan fingerprint density at radius 3 is 2.71 bits per heavy atom. The first kappa shape index (κ1) is 15.2. The molecule has 0 radical (unpaired) electrons. The molecule has 2 aromatic rings. The molecule has 0 aliphatic rings. The lowest BCUT2D eigenvalue weighted by Crippen LogP contribution is -2.22. The van der Waals surface area contributed by atoms with Crippen LogP contribution in [0.3, 0.4) is 0 Å². The van der Waals surface area contributed by atoms with Crippen molar-refractivity contribution >= 4 is 5.78 Å². The van der Waals surface area contributed by atoms with E-state index in [0.717, 1.165) is 17.7 Å². The van der Waals surface area contributed by atoms with Gasteiger partial charge in [0.2, 0.25) is 0 Å². The SMILES string of the molecule is CCCOc1ccc(C(=O)CNCc2cccnc2)cc1. The monoisotopic (exact) mass is 284 g/mol. The van der Waals surface area contributed by atoms with Crippen molar-refractivity contribution < 1.29 is 9.53 Å². The van der Waals surface area contributed by atoms with Gasteiger partial charge in [-0.25, -0.2) is 0 Å². The average Bonchev–Trinajstić information content (AvgIpc) is 2.54. The molecule has 21 heavy (non-hydrogen) atoms. The number of rotatable bonds is 8. The molecule has 0 saturated carbocycles. The average molecular weight is 284 g/mol. The van der Waals surface area contributed by atoms with Crippen molar-refractivity contribution in [3.63, 3.8) is 0 Å². The van der Waals surface area contributed by atoms with Crippen LogP contribution in [-0.4, -0.2) is 23.9 Å². The number of ether oxygens (including phenoxy) is 1. The van der Waals surface area contributed by atoms with Crippen molar-refractivity contribution in [1.82, 2.24) is 10.3 Å². The highest BCUT2D eigenvalue weighted by atomic mass is 16.5. The molecule has 0 spiro atoms. The largest absolute Gasteiger partial charge is 0.494 e. The lowest BCUT2D eigenvalue weighted by atomic mass is 10.1. The normalized spacial score (nSPS) is 10.3. The van der Waals surface area contributed by atoms with E-state index in [0.29, 0.717) is 25.3 Å². The molecule has 0 atom stereocenters. The van der Waals surface area contributed by atoms with Gasteiger partial charge in [-0.15, -0.1) is 0 Å². The van der Waals surface area contributed by atoms with Crippen LogP contribution in [0.4, 0.5) is 0 Å². The smallest absolute Gasteiger partial charge is 0.176 e. The predicted molar refractivity (Wildman–Crippen MR) is 82.5 cm³/mol. The second-order valence-corrected chi connectivity index (χ2v) is 4.76. The van der Waals surface area contributed by atoms with E-state index in [9.17, 15) is 4.79 Å². The molecular formula is C17H20N2O2. The van der Waals surface area contributed by atoms with Gasteiger partial charge in [0.15, 0.2) is 5.78 Å². The van der Waals surface area contributed by atoms with Gasteiger partial charge >= 0.3 is 0 Å². The van der Waals surface area contributed by atoms with Gasteiger partial charge in [0.05, 0.1) is 13.2 Å². The van der Waals surface area contributed by atoms with Crippen LogP contribution in [-0.2, 0) is 6.54 Å². The van der Waals surface area contributed by atoms with Crippen LogP contribution in [0.25, 0.3) is 0 Å². The zero-order valence-electron chi connectivity index (χ0n) is 12.2. The number of nitrogens with one attached hydrogen (secondary N) is 1. The van der Waals surface area contributed by atoms with E-state index in [4.69, 9.17) is 4.74 Å². The fourth-order valence-corrected chi connectivity index (χ4v) is 1.88. The molecule has 1 heterocycles. The van der Waals surface area contributed by atoms with E-state index < -0.39 is 0 Å². The van der Waals surface area contributed by atoms with Gasteiger partial charge in [0.25, 0.3) is 0 Å². The minimum absolute atomic E-state index is 0.0703. The van der Waals surface area contributed by atoms with Crippen LogP contribution >= 0.6 is 0 Å². The standard InChI is InChI=1S/C17H20N2O2/c1-2-10-21-16-7-5-15(6-8-16)17(20)13-19-12-14-4-3-9-18-11-14/h3-9,11,19H,2,10,12-13H2,1H3. The first-order valence-corrected chi connectivity index (χ1v) is 7.15. The van der Waals surface area contributed by atoms with Crippen molar-refractivity contribution in [3.8, 4) is 5.75 Å². The molecule has 2 rings (SSSR count). The third kappa shape index (κ3) is 5.00. The second-order valence-electron chi connectivity index (χ2n) is 4.76. The fraction of sp³-hybridized carbons (Fsp3) is 0.294. The van der Waals surface area contributed by atoms with Crippen LogP contribution < -0.4 is 10.1 Å². The highest BCUT2D eigenvalue weighted by molar-refractivity contribution is 5.97. The number of Topliss-reactive ketones (excluding diaryl/α,β-unsaturated/α-hetero) is 1. The molecule has 1 N–H and O–H groups in total. The number of hydrogen-bond acceptors (Lipinski definition) is 4. The van der Waals surface area contributed by atoms with Crippen LogP contribution in [0.2, 0.25) is 0 Å². The summed E-state index contributed by atoms with van der Waals surface area (Å²) in [5.41, 5.74) is 1.76. The summed E-state index contributed by atoms with van der Waals surface area (Å²) < 4.78 is 5.49. The van der Waals surface area contributed by atoms with E-state index in [1.54, 1.807) is 24.5 Å². The van der Waals surface area contributed by atoms with Gasteiger partial charge in [-0.3, -0.25) is 9.78 Å². The summed E-state index contributed by atoms with van der Waals surface area (Å²) in [6.45, 7) is 3.70. The number of benzene rings is 1. The molecule has 0 unspecified atom stereocenters. The Bertz CT molecular complexity index is 553. The summed E-state index contributed by atoms with van der Waals surface area (Å²) in [6, 6.07) is 11.1. The predicted octanol–water partition coefficient (Wildman–Crippen LogP) is 2.84. The number of carbonyl (C=O) groups excluding carboxylic acids is 1. The maximum atomic E-state index is 12.0. The third-order valence-corrected chi connectivity index (χ3v) is 2.99. The Morgan fingerprint density at radius 2 is 2.05 bits per heavy atom. The van der Waals surface area contributed by atoms with Crippen molar-refractivity contribution in [2.75, 3.05) is 13.2 Å². The Hall–Kier alpha value is -2.20. The Kier molecular flexibility index (Phi) is 5.91. The topological polar surface area (TPSA) is 51.2 Å². The molecule has 0 amide bonds. The summed E-state index contributed by atoms with van der Waals surface area (Å²) in [5.74, 6) is 0.873. The number of carbonyl (C=O) groups is 1. The van der Waals surface area contributed by atoms with E-state index in [-0.39, 0.29) is 5.78 Å². The van der Waals surface area contributed by atoms with Gasteiger partial charge in [0, 0.05) is 24.5 Å². The molecule has 110 valence electrons. The first-order chi connectivity index (χ1) is 10.3. The van der Waals surface area contributed by atoms with Crippen molar-refractivity contribution in [2.24, 2.45) is 0 Å². The number of aromatic nitrogens is 1. The highest BCUT2D eigenvalue weighted by Gasteiger charge is 2.05. The third-order valence-electron chi connectivity index (χ3n) is 2.99. The van der Waals surface area contributed by atoms with Gasteiger partial charge < -0.3 is 10.1 Å². The second kappa shape index (κ2) is 8.17. The summed E-state index contributed by atoms with van der Waals surface area (Å²) in [4.78, 5) is 16.1. The van der Waals surface area contributed by atoms with Crippen LogP contribution in [0.5, 0.6) is 5.75 Å². The van der Waals surface area contributed by atoms with Gasteiger partial charge in [-0.05, 0) is 42.3 Å². The molecule has 0 aliphatic heterocycles. The molecule has 0 saturated heterocycles. The zero-order valence-corrected chi connectivity index (χ0v) is 12.2. The molecule has 0 aliphatic carbocycles. The minimum atomic E-state index is 0.0703. The summed E-state index contributed by atoms with van der Waals surface area (Å²) in [6.07, 6.45) is 4.49. The first-order valence-electron chi connectivity index (χ1n) is 7.15. The molecule has 0 fully saturated rings. The summed E-state index contributed by atoms with van der Waals surface area (Å²) in [5, 5.41) is 3.13. The van der Waals surface area contributed by atoms with Crippen LogP contribution in [0.1, 0.15) is 29.3 Å². The van der Waals surface area contributed by atoms with Gasteiger partial charge in [-0.1, -0.05) is 13.0 Å². The molecule has 0 bridgehead atoms. The number of ketones is 1. The molecule has 1 aromatic carbocycles. The molecular weight excluding hydrogens is 264 g/mol. The lowest BCUT2D eigenvalue weighted by Gasteiger charge is -2.06. The molecule has 4 heteroatoms. The Balaban J connectivity index is 1.80. The zero-order chi connectivity index (χ0) is 14.9. The summed E-state index contributed by atoms with van der Waals surface area (Å²) in [7, 11) is 0. The lowest BCUT2D eigenvalue weighted by molar-refractivity contribution is 0.0990. The summed E-state index contributed by atoms with van der Waals surface area (Å²) >= 11 is 0. The quantitative estimate of drug-likeness (QED) is 0.757. The molecule has 1 aromatic heterocycles. The van der Waals surface area contributed by atoms with Crippen molar-refractivity contribution in [3.05, 3.63) is 59.9 Å². The van der Waals surface area contributed by atoms with Crippen LogP contribution in [0.15, 0.2) is 48.8 Å². The van der Waals surface area contributed by atoms with E-state index in [1.165, 1.54) is 0 Å². The molecule has 4 nitrogen and oxygen atoms in total. The number of pyridine rings is 1. The maximum Gasteiger partial charge on any atom is 0.176 e. The van der Waals surface area contributed by atoms with Crippen molar-refractivity contribution in [1.29, 1.82) is 0 Å². The maximum absolute atomic E-state index is 12.0. The Labute approximate surface area is 125 Å². The van der Waals surface area contributed by atoms with Crippen molar-refractivity contribution in [2.45, 2.75) is 19.9 Å². The fourth-order valence-electron chi connectivity index (χ4n) is 1.88. The van der Waals surface area contributed by atoms with E-state index in [2.05, 4.69) is 17.2 Å².